The van der Waals surface area contributed by atoms with E-state index in [0.717, 1.165) is 44.1 Å². The standard InChI is InChI=1S/C20H26N4O3/c1-16(27-18-6-4-8-21-14-18)13-22-20(25)23-19-7-3-2-5-17(19)15-24-9-11-26-12-10-24/h2-8,14,16H,9-13,15H2,1H3,(H2,22,23,25)/t16-/m1/s1. The first-order chi connectivity index (χ1) is 13.2. The number of nitrogens with one attached hydrogen (secondary N) is 2. The number of rotatable bonds is 7. The third-order valence-electron chi connectivity index (χ3n) is 4.28. The maximum atomic E-state index is 12.3. The third kappa shape index (κ3) is 6.23. The summed E-state index contributed by atoms with van der Waals surface area (Å²) >= 11 is 0. The van der Waals surface area contributed by atoms with E-state index in [1.165, 1.54) is 0 Å². The van der Waals surface area contributed by atoms with Gasteiger partial charge < -0.3 is 20.1 Å². The minimum absolute atomic E-state index is 0.163. The Bertz CT molecular complexity index is 720. The highest BCUT2D eigenvalue weighted by atomic mass is 16.5. The van der Waals surface area contributed by atoms with Crippen molar-refractivity contribution in [3.05, 3.63) is 54.4 Å². The Balaban J connectivity index is 1.48. The molecule has 1 aliphatic rings. The van der Waals surface area contributed by atoms with Gasteiger partial charge in [0.05, 0.1) is 26.0 Å². The molecule has 2 aromatic rings. The van der Waals surface area contributed by atoms with Crippen LogP contribution < -0.4 is 15.4 Å². The number of ether oxygens (including phenoxy) is 2. The number of pyridine rings is 1. The number of amides is 2. The van der Waals surface area contributed by atoms with E-state index in [0.29, 0.717) is 12.3 Å². The number of benzene rings is 1. The summed E-state index contributed by atoms with van der Waals surface area (Å²) in [7, 11) is 0. The van der Waals surface area contributed by atoms with Crippen LogP contribution in [-0.4, -0.2) is 54.9 Å². The largest absolute Gasteiger partial charge is 0.487 e. The second-order valence-corrected chi connectivity index (χ2v) is 6.50. The number of nitrogens with zero attached hydrogens (tertiary/aromatic N) is 2. The molecule has 27 heavy (non-hydrogen) atoms. The molecule has 2 N–H and O–H groups in total. The van der Waals surface area contributed by atoms with Crippen LogP contribution in [0.25, 0.3) is 0 Å². The lowest BCUT2D eigenvalue weighted by Gasteiger charge is -2.27. The predicted molar refractivity (Wildman–Crippen MR) is 104 cm³/mol. The van der Waals surface area contributed by atoms with Crippen molar-refractivity contribution in [1.29, 1.82) is 0 Å². The van der Waals surface area contributed by atoms with E-state index in [-0.39, 0.29) is 12.1 Å². The van der Waals surface area contributed by atoms with Crippen molar-refractivity contribution in [2.24, 2.45) is 0 Å². The van der Waals surface area contributed by atoms with Gasteiger partial charge in [-0.05, 0) is 30.7 Å². The number of carbonyl (C=O) groups is 1. The van der Waals surface area contributed by atoms with E-state index < -0.39 is 0 Å². The van der Waals surface area contributed by atoms with Crippen molar-refractivity contribution >= 4 is 11.7 Å². The second-order valence-electron chi connectivity index (χ2n) is 6.50. The molecule has 0 radical (unpaired) electrons. The van der Waals surface area contributed by atoms with Crippen LogP contribution in [0.2, 0.25) is 0 Å². The lowest BCUT2D eigenvalue weighted by molar-refractivity contribution is 0.0343. The van der Waals surface area contributed by atoms with Gasteiger partial charge in [-0.25, -0.2) is 4.79 Å². The van der Waals surface area contributed by atoms with Gasteiger partial charge >= 0.3 is 6.03 Å². The maximum absolute atomic E-state index is 12.3. The SMILES string of the molecule is C[C@H](CNC(=O)Nc1ccccc1CN1CCOCC1)Oc1cccnc1. The molecule has 1 aromatic carbocycles. The topological polar surface area (TPSA) is 75.7 Å². The quantitative estimate of drug-likeness (QED) is 0.783. The van der Waals surface area contributed by atoms with Crippen LogP contribution in [0.4, 0.5) is 10.5 Å². The van der Waals surface area contributed by atoms with Crippen molar-refractivity contribution < 1.29 is 14.3 Å². The first kappa shape index (κ1) is 19.1. The average molecular weight is 370 g/mol. The van der Waals surface area contributed by atoms with E-state index in [2.05, 4.69) is 20.5 Å². The van der Waals surface area contributed by atoms with Gasteiger partial charge in [0.1, 0.15) is 11.9 Å². The molecule has 2 heterocycles. The van der Waals surface area contributed by atoms with E-state index in [1.807, 2.05) is 43.3 Å². The molecule has 7 heteroatoms. The van der Waals surface area contributed by atoms with Gasteiger partial charge in [0, 0.05) is 31.5 Å². The number of hydrogen-bond donors (Lipinski definition) is 2. The van der Waals surface area contributed by atoms with Gasteiger partial charge in [-0.15, -0.1) is 0 Å². The minimum Gasteiger partial charge on any atom is -0.487 e. The van der Waals surface area contributed by atoms with Gasteiger partial charge in [0.25, 0.3) is 0 Å². The van der Waals surface area contributed by atoms with Gasteiger partial charge in [-0.3, -0.25) is 9.88 Å². The van der Waals surface area contributed by atoms with E-state index >= 15 is 0 Å². The lowest BCUT2D eigenvalue weighted by Crippen LogP contribution is -2.37. The highest BCUT2D eigenvalue weighted by Crippen LogP contribution is 2.18. The number of aromatic nitrogens is 1. The molecule has 1 aromatic heterocycles. The Labute approximate surface area is 159 Å². The van der Waals surface area contributed by atoms with Crippen molar-refractivity contribution in [1.82, 2.24) is 15.2 Å². The van der Waals surface area contributed by atoms with Gasteiger partial charge in [-0.2, -0.15) is 0 Å². The molecule has 0 unspecified atom stereocenters. The Hall–Kier alpha value is -2.64. The fourth-order valence-electron chi connectivity index (χ4n) is 2.87. The van der Waals surface area contributed by atoms with Crippen LogP contribution >= 0.6 is 0 Å². The summed E-state index contributed by atoms with van der Waals surface area (Å²) in [5.41, 5.74) is 1.91. The van der Waals surface area contributed by atoms with Gasteiger partial charge in [0.2, 0.25) is 0 Å². The zero-order valence-corrected chi connectivity index (χ0v) is 15.6. The minimum atomic E-state index is -0.244. The monoisotopic (exact) mass is 370 g/mol. The molecule has 0 spiro atoms. The molecule has 7 nitrogen and oxygen atoms in total. The first-order valence-corrected chi connectivity index (χ1v) is 9.20. The van der Waals surface area contributed by atoms with E-state index in [1.54, 1.807) is 12.4 Å². The van der Waals surface area contributed by atoms with Crippen LogP contribution in [0.1, 0.15) is 12.5 Å². The fourth-order valence-corrected chi connectivity index (χ4v) is 2.87. The fraction of sp³-hybridized carbons (Fsp3) is 0.400. The molecule has 1 aliphatic heterocycles. The smallest absolute Gasteiger partial charge is 0.319 e. The van der Waals surface area contributed by atoms with Crippen LogP contribution in [0.15, 0.2) is 48.8 Å². The summed E-state index contributed by atoms with van der Waals surface area (Å²) in [6.07, 6.45) is 3.18. The number of carbonyl (C=O) groups excluding carboxylic acids is 1. The maximum Gasteiger partial charge on any atom is 0.319 e. The van der Waals surface area contributed by atoms with Crippen LogP contribution in [0.3, 0.4) is 0 Å². The molecule has 144 valence electrons. The van der Waals surface area contributed by atoms with E-state index in [9.17, 15) is 4.79 Å². The molecular formula is C20H26N4O3. The summed E-state index contributed by atoms with van der Waals surface area (Å²) in [6, 6.07) is 11.3. The highest BCUT2D eigenvalue weighted by molar-refractivity contribution is 5.90. The van der Waals surface area contributed by atoms with Crippen LogP contribution in [0, 0.1) is 0 Å². The van der Waals surface area contributed by atoms with Crippen LogP contribution in [0.5, 0.6) is 5.75 Å². The zero-order valence-electron chi connectivity index (χ0n) is 15.6. The number of para-hydroxylation sites is 1. The van der Waals surface area contributed by atoms with Crippen molar-refractivity contribution in [2.75, 3.05) is 38.2 Å². The summed E-state index contributed by atoms with van der Waals surface area (Å²) in [5, 5.41) is 5.80. The van der Waals surface area contributed by atoms with Gasteiger partial charge in [-0.1, -0.05) is 18.2 Å². The molecule has 0 saturated carbocycles. The molecule has 1 fully saturated rings. The van der Waals surface area contributed by atoms with Crippen LogP contribution in [-0.2, 0) is 11.3 Å². The highest BCUT2D eigenvalue weighted by Gasteiger charge is 2.14. The zero-order chi connectivity index (χ0) is 18.9. The van der Waals surface area contributed by atoms with Crippen molar-refractivity contribution in [3.63, 3.8) is 0 Å². The first-order valence-electron chi connectivity index (χ1n) is 9.20. The summed E-state index contributed by atoms with van der Waals surface area (Å²) in [4.78, 5) is 18.6. The van der Waals surface area contributed by atoms with Crippen molar-refractivity contribution in [3.8, 4) is 5.75 Å². The molecule has 0 aliphatic carbocycles. The summed E-state index contributed by atoms with van der Waals surface area (Å²) in [6.45, 7) is 6.41. The number of urea groups is 1. The van der Waals surface area contributed by atoms with Crippen molar-refractivity contribution in [2.45, 2.75) is 19.6 Å². The summed E-state index contributed by atoms with van der Waals surface area (Å²) < 4.78 is 11.1. The number of anilines is 1. The number of hydrogen-bond acceptors (Lipinski definition) is 5. The molecule has 0 bridgehead atoms. The van der Waals surface area contributed by atoms with Gasteiger partial charge in [0.15, 0.2) is 0 Å². The lowest BCUT2D eigenvalue weighted by atomic mass is 10.1. The average Bonchev–Trinajstić information content (AvgIpc) is 2.69. The second kappa shape index (κ2) is 9.89. The Morgan fingerprint density at radius 1 is 1.26 bits per heavy atom. The Morgan fingerprint density at radius 3 is 2.85 bits per heavy atom. The van der Waals surface area contributed by atoms with E-state index in [4.69, 9.17) is 9.47 Å². The molecule has 3 rings (SSSR count). The molecular weight excluding hydrogens is 344 g/mol. The molecule has 1 atom stereocenters. The normalized spacial score (nSPS) is 15.7. The number of morpholine rings is 1. The summed E-state index contributed by atoms with van der Waals surface area (Å²) in [5.74, 6) is 0.683. The Morgan fingerprint density at radius 2 is 2.07 bits per heavy atom. The third-order valence-corrected chi connectivity index (χ3v) is 4.28. The Kier molecular flexibility index (Phi) is 7.01. The predicted octanol–water partition coefficient (Wildman–Crippen LogP) is 2.50. The molecule has 1 saturated heterocycles. The molecule has 2 amide bonds.